The molecule has 136 valence electrons. The molecular weight excluding hydrogens is 348 g/mol. The first kappa shape index (κ1) is 17.9. The number of furan rings is 1. The molecule has 1 heterocycles. The van der Waals surface area contributed by atoms with Crippen LogP contribution in [0.2, 0.25) is 0 Å². The summed E-state index contributed by atoms with van der Waals surface area (Å²) in [5.41, 5.74) is 3.60. The van der Waals surface area contributed by atoms with E-state index in [2.05, 4.69) is 10.5 Å². The molecule has 0 spiro atoms. The van der Waals surface area contributed by atoms with Gasteiger partial charge < -0.3 is 13.9 Å². The van der Waals surface area contributed by atoms with Gasteiger partial charge in [0.05, 0.1) is 19.6 Å². The third-order valence-electron chi connectivity index (χ3n) is 3.53. The summed E-state index contributed by atoms with van der Waals surface area (Å²) in [6, 6.07) is 16.7. The maximum Gasteiger partial charge on any atom is 0.379 e. The quantitative estimate of drug-likeness (QED) is 0.314. The number of amides is 1. The minimum Gasteiger partial charge on any atom is -0.493 e. The molecule has 0 bridgehead atoms. The number of hydrogen-bond donors (Lipinski definition) is 1. The van der Waals surface area contributed by atoms with Crippen molar-refractivity contribution in [3.63, 3.8) is 0 Å². The molecule has 27 heavy (non-hydrogen) atoms. The van der Waals surface area contributed by atoms with Gasteiger partial charge in [-0.25, -0.2) is 10.2 Å². The van der Waals surface area contributed by atoms with Gasteiger partial charge in [-0.3, -0.25) is 4.79 Å². The van der Waals surface area contributed by atoms with Crippen molar-refractivity contribution in [2.45, 2.75) is 0 Å². The molecule has 0 aliphatic carbocycles. The summed E-state index contributed by atoms with van der Waals surface area (Å²) in [5, 5.41) is 3.92. The Bertz CT molecular complexity index is 950. The fourth-order valence-corrected chi connectivity index (χ4v) is 2.21. The van der Waals surface area contributed by atoms with Crippen molar-refractivity contribution in [1.29, 1.82) is 0 Å². The second-order valence-electron chi connectivity index (χ2n) is 5.34. The number of rotatable bonds is 6. The first-order chi connectivity index (χ1) is 13.2. The number of esters is 1. The number of methoxy groups -OCH3 is 1. The highest BCUT2D eigenvalue weighted by molar-refractivity contribution is 5.95. The monoisotopic (exact) mass is 364 g/mol. The summed E-state index contributed by atoms with van der Waals surface area (Å²) in [6.45, 7) is 0. The van der Waals surface area contributed by atoms with Gasteiger partial charge in [-0.2, -0.15) is 5.10 Å². The van der Waals surface area contributed by atoms with Crippen LogP contribution in [-0.4, -0.2) is 25.2 Å². The molecule has 1 N–H and O–H groups in total. The highest BCUT2D eigenvalue weighted by Gasteiger charge is 2.14. The largest absolute Gasteiger partial charge is 0.493 e. The zero-order valence-electron chi connectivity index (χ0n) is 14.4. The Morgan fingerprint density at radius 2 is 1.85 bits per heavy atom. The van der Waals surface area contributed by atoms with Crippen molar-refractivity contribution in [2.75, 3.05) is 7.11 Å². The number of nitrogens with zero attached hydrogens (tertiary/aromatic N) is 1. The van der Waals surface area contributed by atoms with E-state index in [0.29, 0.717) is 16.9 Å². The molecule has 1 aromatic heterocycles. The smallest absolute Gasteiger partial charge is 0.379 e. The maximum absolute atomic E-state index is 12.0. The van der Waals surface area contributed by atoms with Gasteiger partial charge in [0.2, 0.25) is 5.76 Å². The highest BCUT2D eigenvalue weighted by atomic mass is 16.6. The highest BCUT2D eigenvalue weighted by Crippen LogP contribution is 2.28. The van der Waals surface area contributed by atoms with Crippen molar-refractivity contribution >= 4 is 18.1 Å². The van der Waals surface area contributed by atoms with E-state index >= 15 is 0 Å². The van der Waals surface area contributed by atoms with Gasteiger partial charge in [0.1, 0.15) is 0 Å². The molecule has 3 aromatic rings. The van der Waals surface area contributed by atoms with Crippen LogP contribution in [0.4, 0.5) is 0 Å². The SMILES string of the molecule is COc1cc(C=NNC(=O)c2ccccc2)ccc1OC(=O)c1ccco1. The van der Waals surface area contributed by atoms with E-state index in [1.165, 1.54) is 25.7 Å². The molecule has 0 radical (unpaired) electrons. The summed E-state index contributed by atoms with van der Waals surface area (Å²) in [4.78, 5) is 23.9. The zero-order valence-corrected chi connectivity index (χ0v) is 14.4. The lowest BCUT2D eigenvalue weighted by atomic mass is 10.2. The number of ether oxygens (including phenoxy) is 2. The van der Waals surface area contributed by atoms with E-state index in [9.17, 15) is 9.59 Å². The zero-order chi connectivity index (χ0) is 19.1. The molecule has 0 unspecified atom stereocenters. The Kier molecular flexibility index (Phi) is 5.64. The molecule has 0 aliphatic heterocycles. The predicted molar refractivity (Wildman–Crippen MR) is 98.2 cm³/mol. The fourth-order valence-electron chi connectivity index (χ4n) is 2.21. The fraction of sp³-hybridized carbons (Fsp3) is 0.0500. The normalized spacial score (nSPS) is 10.6. The number of hydrogen-bond acceptors (Lipinski definition) is 6. The molecule has 0 fully saturated rings. The lowest BCUT2D eigenvalue weighted by molar-refractivity contribution is 0.0696. The Hall–Kier alpha value is -3.87. The first-order valence-corrected chi connectivity index (χ1v) is 7.99. The maximum atomic E-state index is 12.0. The lowest BCUT2D eigenvalue weighted by Crippen LogP contribution is -2.17. The summed E-state index contributed by atoms with van der Waals surface area (Å²) >= 11 is 0. The molecule has 7 heteroatoms. The Morgan fingerprint density at radius 1 is 1.04 bits per heavy atom. The standard InChI is InChI=1S/C20H16N2O5/c1-25-18-12-14(13-21-22-19(23)15-6-3-2-4-7-15)9-10-16(18)27-20(24)17-8-5-11-26-17/h2-13H,1H3,(H,22,23). The molecule has 0 saturated heterocycles. The average Bonchev–Trinajstić information content (AvgIpc) is 3.24. The second-order valence-corrected chi connectivity index (χ2v) is 5.34. The number of nitrogens with one attached hydrogen (secondary N) is 1. The first-order valence-electron chi connectivity index (χ1n) is 7.99. The van der Waals surface area contributed by atoms with Gasteiger partial charge in [-0.1, -0.05) is 18.2 Å². The van der Waals surface area contributed by atoms with Crippen molar-refractivity contribution in [1.82, 2.24) is 5.43 Å². The van der Waals surface area contributed by atoms with Crippen molar-refractivity contribution in [2.24, 2.45) is 5.10 Å². The van der Waals surface area contributed by atoms with Crippen LogP contribution in [0.1, 0.15) is 26.5 Å². The summed E-state index contributed by atoms with van der Waals surface area (Å²) < 4.78 is 15.5. The van der Waals surface area contributed by atoms with Crippen LogP contribution in [0, 0.1) is 0 Å². The Labute approximate surface area is 155 Å². The van der Waals surface area contributed by atoms with Crippen LogP contribution in [0.25, 0.3) is 0 Å². The van der Waals surface area contributed by atoms with E-state index in [1.807, 2.05) is 6.07 Å². The number of benzene rings is 2. The molecule has 0 aliphatic rings. The van der Waals surface area contributed by atoms with Gasteiger partial charge in [-0.15, -0.1) is 0 Å². The predicted octanol–water partition coefficient (Wildman–Crippen LogP) is 3.27. The topological polar surface area (TPSA) is 90.1 Å². The Balaban J connectivity index is 1.66. The number of carbonyl (C=O) groups excluding carboxylic acids is 2. The second kappa shape index (κ2) is 8.48. The lowest BCUT2D eigenvalue weighted by Gasteiger charge is -2.09. The van der Waals surface area contributed by atoms with Gasteiger partial charge in [0, 0.05) is 5.56 Å². The molecular formula is C20H16N2O5. The molecule has 3 rings (SSSR count). The van der Waals surface area contributed by atoms with Crippen LogP contribution >= 0.6 is 0 Å². The van der Waals surface area contributed by atoms with Crippen LogP contribution in [0.15, 0.2) is 76.4 Å². The summed E-state index contributed by atoms with van der Waals surface area (Å²) in [5.74, 6) is -0.276. The molecule has 1 amide bonds. The molecule has 0 atom stereocenters. The number of hydrazone groups is 1. The van der Waals surface area contributed by atoms with E-state index < -0.39 is 5.97 Å². The molecule has 7 nitrogen and oxygen atoms in total. The Morgan fingerprint density at radius 3 is 2.56 bits per heavy atom. The summed E-state index contributed by atoms with van der Waals surface area (Å²) in [6.07, 6.45) is 2.85. The summed E-state index contributed by atoms with van der Waals surface area (Å²) in [7, 11) is 1.46. The van der Waals surface area contributed by atoms with Crippen LogP contribution in [-0.2, 0) is 0 Å². The average molecular weight is 364 g/mol. The molecule has 0 saturated carbocycles. The van der Waals surface area contributed by atoms with E-state index in [1.54, 1.807) is 48.5 Å². The minimum atomic E-state index is -0.630. The van der Waals surface area contributed by atoms with Gasteiger partial charge in [0.25, 0.3) is 5.91 Å². The third kappa shape index (κ3) is 4.60. The van der Waals surface area contributed by atoms with Crippen LogP contribution in [0.3, 0.4) is 0 Å². The van der Waals surface area contributed by atoms with E-state index in [0.717, 1.165) is 0 Å². The van der Waals surface area contributed by atoms with E-state index in [-0.39, 0.29) is 17.4 Å². The van der Waals surface area contributed by atoms with Gasteiger partial charge in [0.15, 0.2) is 11.5 Å². The van der Waals surface area contributed by atoms with Crippen molar-refractivity contribution < 1.29 is 23.5 Å². The minimum absolute atomic E-state index is 0.0892. The van der Waals surface area contributed by atoms with Crippen molar-refractivity contribution in [3.05, 3.63) is 83.8 Å². The van der Waals surface area contributed by atoms with E-state index in [4.69, 9.17) is 13.9 Å². The molecule has 2 aromatic carbocycles. The van der Waals surface area contributed by atoms with Crippen LogP contribution < -0.4 is 14.9 Å². The van der Waals surface area contributed by atoms with Crippen LogP contribution in [0.5, 0.6) is 11.5 Å². The van der Waals surface area contributed by atoms with Crippen molar-refractivity contribution in [3.8, 4) is 11.5 Å². The third-order valence-corrected chi connectivity index (χ3v) is 3.53. The number of carbonyl (C=O) groups is 2. The van der Waals surface area contributed by atoms with Gasteiger partial charge in [-0.05, 0) is 48.0 Å². The van der Waals surface area contributed by atoms with Gasteiger partial charge >= 0.3 is 5.97 Å².